The summed E-state index contributed by atoms with van der Waals surface area (Å²) in [4.78, 5) is 11.6. The van der Waals surface area contributed by atoms with Gasteiger partial charge in [0.15, 0.2) is 0 Å². The first-order valence-corrected chi connectivity index (χ1v) is 13.2. The number of carbonyl (C=O) groups is 1. The van der Waals surface area contributed by atoms with Gasteiger partial charge in [0.25, 0.3) is 0 Å². The first-order valence-electron chi connectivity index (χ1n) is 13.2. The number of hydrogen-bond acceptors (Lipinski definition) is 5. The van der Waals surface area contributed by atoms with E-state index in [1.54, 1.807) is 13.8 Å². The quantitative estimate of drug-likeness (QED) is 0.145. The molecule has 0 aliphatic heterocycles. The molecule has 5 nitrogen and oxygen atoms in total. The Balaban J connectivity index is 3.02. The zero-order valence-corrected chi connectivity index (χ0v) is 22.9. The van der Waals surface area contributed by atoms with E-state index in [-0.39, 0.29) is 19.1 Å². The van der Waals surface area contributed by atoms with E-state index in [1.807, 2.05) is 13.0 Å². The lowest BCUT2D eigenvalue weighted by molar-refractivity contribution is -0.146. The minimum absolute atomic E-state index is 0.0278. The Morgan fingerprint density at radius 3 is 2.34 bits per heavy atom. The van der Waals surface area contributed by atoms with Crippen LogP contribution < -0.4 is 0 Å². The van der Waals surface area contributed by atoms with E-state index in [9.17, 15) is 25.2 Å². The first kappa shape index (κ1) is 31.5. The molecule has 0 aromatic carbocycles. The van der Waals surface area contributed by atoms with Gasteiger partial charge in [-0.25, -0.2) is 0 Å². The molecule has 1 saturated carbocycles. The average molecular weight is 491 g/mol. The van der Waals surface area contributed by atoms with E-state index in [0.29, 0.717) is 50.5 Å². The zero-order valence-electron chi connectivity index (χ0n) is 22.9. The van der Waals surface area contributed by atoms with Gasteiger partial charge in [0.1, 0.15) is 6.29 Å². The van der Waals surface area contributed by atoms with Gasteiger partial charge in [0, 0.05) is 12.0 Å². The molecule has 4 N–H and O–H groups in total. The van der Waals surface area contributed by atoms with Crippen molar-refractivity contribution in [3.05, 3.63) is 46.1 Å². The summed E-state index contributed by atoms with van der Waals surface area (Å²) in [6.07, 6.45) is 12.6. The minimum Gasteiger partial charge on any atom is -0.396 e. The third kappa shape index (κ3) is 8.82. The maximum absolute atomic E-state index is 11.6. The molecule has 5 heteroatoms. The number of rotatable bonds is 14. The van der Waals surface area contributed by atoms with Crippen molar-refractivity contribution in [2.45, 2.75) is 111 Å². The second-order valence-corrected chi connectivity index (χ2v) is 10.9. The summed E-state index contributed by atoms with van der Waals surface area (Å²) >= 11 is 0. The third-order valence-corrected chi connectivity index (χ3v) is 8.02. The molecule has 1 rings (SSSR count). The minimum atomic E-state index is -1.10. The average Bonchev–Trinajstić information content (AvgIpc) is 2.81. The molecule has 0 bridgehead atoms. The molecule has 0 amide bonds. The molecule has 0 spiro atoms. The Kier molecular flexibility index (Phi) is 13.4. The fourth-order valence-electron chi connectivity index (χ4n) is 5.49. The van der Waals surface area contributed by atoms with Crippen molar-refractivity contribution in [3.63, 3.8) is 0 Å². The van der Waals surface area contributed by atoms with E-state index in [2.05, 4.69) is 32.9 Å². The predicted molar refractivity (Wildman–Crippen MR) is 144 cm³/mol. The van der Waals surface area contributed by atoms with Crippen molar-refractivity contribution in [1.29, 1.82) is 0 Å². The van der Waals surface area contributed by atoms with Crippen molar-refractivity contribution in [1.82, 2.24) is 0 Å². The van der Waals surface area contributed by atoms with Gasteiger partial charge < -0.3 is 20.4 Å². The first-order chi connectivity index (χ1) is 16.5. The van der Waals surface area contributed by atoms with Gasteiger partial charge in [-0.3, -0.25) is 4.79 Å². The second kappa shape index (κ2) is 14.9. The van der Waals surface area contributed by atoms with Crippen LogP contribution >= 0.6 is 0 Å². The summed E-state index contributed by atoms with van der Waals surface area (Å²) in [5.74, 6) is -0.182. The summed E-state index contributed by atoms with van der Waals surface area (Å²) < 4.78 is 0. The summed E-state index contributed by atoms with van der Waals surface area (Å²) in [6, 6.07) is 0. The van der Waals surface area contributed by atoms with Crippen molar-refractivity contribution >= 4 is 6.29 Å². The van der Waals surface area contributed by atoms with Crippen LogP contribution in [0.1, 0.15) is 99.3 Å². The summed E-state index contributed by atoms with van der Waals surface area (Å²) in [5, 5.41) is 42.2. The van der Waals surface area contributed by atoms with Gasteiger partial charge in [0.2, 0.25) is 0 Å². The van der Waals surface area contributed by atoms with Gasteiger partial charge in [0.05, 0.1) is 18.3 Å². The van der Waals surface area contributed by atoms with Crippen LogP contribution in [0.25, 0.3) is 0 Å². The van der Waals surface area contributed by atoms with Crippen LogP contribution in [0, 0.1) is 11.3 Å². The highest BCUT2D eigenvalue weighted by molar-refractivity contribution is 5.74. The summed E-state index contributed by atoms with van der Waals surface area (Å²) in [7, 11) is 0. The Labute approximate surface area is 213 Å². The van der Waals surface area contributed by atoms with Gasteiger partial charge in [-0.1, -0.05) is 34.9 Å². The van der Waals surface area contributed by atoms with Crippen LogP contribution in [0.2, 0.25) is 0 Å². The zero-order chi connectivity index (χ0) is 26.6. The summed E-state index contributed by atoms with van der Waals surface area (Å²) in [5.41, 5.74) is 3.20. The fraction of sp³-hybridized carbons (Fsp3) is 0.700. The molecule has 1 fully saturated rings. The molecule has 0 radical (unpaired) electrons. The number of aldehydes is 1. The lowest BCUT2D eigenvalue weighted by Crippen LogP contribution is -2.56. The highest BCUT2D eigenvalue weighted by atomic mass is 16.3. The van der Waals surface area contributed by atoms with Crippen molar-refractivity contribution in [3.8, 4) is 0 Å². The molecule has 1 aliphatic rings. The molecule has 0 saturated heterocycles. The Bertz CT molecular complexity index is 798. The molecule has 1 unspecified atom stereocenters. The van der Waals surface area contributed by atoms with Gasteiger partial charge in [-0.15, -0.1) is 0 Å². The van der Waals surface area contributed by atoms with Crippen LogP contribution in [-0.2, 0) is 4.79 Å². The standard InChI is InChI=1S/C30H50O5/c1-22(2)10-7-11-23(3)14-15-28(34)24(4)12-8-17-30(21-33)27(13-9-19-31)26(25(5)20-32)16-18-29(30,6)35/h10,12,14,20,27-28,31,33-35H,7-9,11,13,15-19,21H2,1-6H3/b23-14+,24-12+,26-25+/t27-,28?,29+,30-/m1/s1. The van der Waals surface area contributed by atoms with Crippen molar-refractivity contribution < 1.29 is 25.2 Å². The van der Waals surface area contributed by atoms with E-state index in [4.69, 9.17) is 0 Å². The SMILES string of the molecule is CC(C)=CCC/C(C)=C/CC(O)/C(C)=C/CC[C@@]1(CO)[C@H](CCCO)/C(=C(\C)C=O)CC[C@]1(C)O. The van der Waals surface area contributed by atoms with E-state index >= 15 is 0 Å². The molecule has 4 atom stereocenters. The van der Waals surface area contributed by atoms with E-state index < -0.39 is 17.1 Å². The van der Waals surface area contributed by atoms with Crippen LogP contribution in [0.5, 0.6) is 0 Å². The lowest BCUT2D eigenvalue weighted by atomic mass is 9.53. The molecular formula is C30H50O5. The van der Waals surface area contributed by atoms with Gasteiger partial charge >= 0.3 is 0 Å². The Morgan fingerprint density at radius 1 is 1.09 bits per heavy atom. The maximum atomic E-state index is 11.6. The number of aliphatic hydroxyl groups is 4. The molecule has 35 heavy (non-hydrogen) atoms. The third-order valence-electron chi connectivity index (χ3n) is 8.02. The normalized spacial score (nSPS) is 28.0. The largest absolute Gasteiger partial charge is 0.396 e. The molecule has 1 aliphatic carbocycles. The van der Waals surface area contributed by atoms with Crippen molar-refractivity contribution in [2.24, 2.45) is 11.3 Å². The van der Waals surface area contributed by atoms with Crippen molar-refractivity contribution in [2.75, 3.05) is 13.2 Å². The molecule has 0 heterocycles. The highest BCUT2D eigenvalue weighted by Crippen LogP contribution is 2.55. The van der Waals surface area contributed by atoms with E-state index in [0.717, 1.165) is 30.3 Å². The summed E-state index contributed by atoms with van der Waals surface area (Å²) in [6.45, 7) is 11.6. The molecule has 0 aromatic heterocycles. The number of carbonyl (C=O) groups excluding carboxylic acids is 1. The van der Waals surface area contributed by atoms with Crippen LogP contribution in [0.4, 0.5) is 0 Å². The Hall–Kier alpha value is -1.53. The smallest absolute Gasteiger partial charge is 0.145 e. The van der Waals surface area contributed by atoms with E-state index in [1.165, 1.54) is 11.1 Å². The second-order valence-electron chi connectivity index (χ2n) is 10.9. The molecule has 200 valence electrons. The predicted octanol–water partition coefficient (Wildman–Crippen LogP) is 5.58. The van der Waals surface area contributed by atoms with Crippen LogP contribution in [-0.4, -0.2) is 51.6 Å². The van der Waals surface area contributed by atoms with Crippen LogP contribution in [0.3, 0.4) is 0 Å². The van der Waals surface area contributed by atoms with Gasteiger partial charge in [-0.2, -0.15) is 0 Å². The Morgan fingerprint density at radius 2 is 1.77 bits per heavy atom. The highest BCUT2D eigenvalue weighted by Gasteiger charge is 2.54. The number of hydrogen-bond donors (Lipinski definition) is 4. The number of allylic oxidation sites excluding steroid dienone is 6. The maximum Gasteiger partial charge on any atom is 0.145 e. The number of aliphatic hydroxyl groups excluding tert-OH is 3. The molecule has 0 aromatic rings. The topological polar surface area (TPSA) is 98.0 Å². The fourth-order valence-corrected chi connectivity index (χ4v) is 5.49. The monoisotopic (exact) mass is 490 g/mol. The molecular weight excluding hydrogens is 440 g/mol. The van der Waals surface area contributed by atoms with Gasteiger partial charge in [-0.05, 0) is 116 Å². The van der Waals surface area contributed by atoms with Crippen LogP contribution in [0.15, 0.2) is 46.1 Å². The lowest BCUT2D eigenvalue weighted by Gasteiger charge is -2.54.